The smallest absolute Gasteiger partial charge is 0.251 e. The highest BCUT2D eigenvalue weighted by molar-refractivity contribution is 7.89. The number of hydrogen-bond acceptors (Lipinski definition) is 4. The highest BCUT2D eigenvalue weighted by Crippen LogP contribution is 2.26. The summed E-state index contributed by atoms with van der Waals surface area (Å²) in [4.78, 5) is 11.7. The molecule has 7 heteroatoms. The molecule has 1 aliphatic rings. The van der Waals surface area contributed by atoms with Gasteiger partial charge in [-0.2, -0.15) is 4.31 Å². The molecule has 1 aliphatic heterocycles. The van der Waals surface area contributed by atoms with Crippen molar-refractivity contribution in [3.05, 3.63) is 29.8 Å². The van der Waals surface area contributed by atoms with Crippen LogP contribution in [0, 0.1) is 0 Å². The summed E-state index contributed by atoms with van der Waals surface area (Å²) < 4.78 is 27.2. The molecule has 0 bridgehead atoms. The number of nitrogens with one attached hydrogen (secondary N) is 1. The van der Waals surface area contributed by atoms with Crippen molar-refractivity contribution in [3.8, 4) is 0 Å². The minimum atomic E-state index is -3.58. The van der Waals surface area contributed by atoms with E-state index < -0.39 is 10.0 Å². The normalized spacial score (nSPS) is 21.3. The first-order chi connectivity index (χ1) is 10.4. The van der Waals surface area contributed by atoms with E-state index in [2.05, 4.69) is 5.32 Å². The molecule has 0 aromatic heterocycles. The van der Waals surface area contributed by atoms with Crippen LogP contribution in [0.5, 0.6) is 0 Å². The maximum Gasteiger partial charge on any atom is 0.251 e. The number of carbonyl (C=O) groups is 1. The van der Waals surface area contributed by atoms with Crippen molar-refractivity contribution < 1.29 is 13.2 Å². The highest BCUT2D eigenvalue weighted by atomic mass is 32.2. The predicted molar refractivity (Wildman–Crippen MR) is 85.0 cm³/mol. The molecule has 2 atom stereocenters. The monoisotopic (exact) mass is 325 g/mol. The van der Waals surface area contributed by atoms with Gasteiger partial charge in [0.15, 0.2) is 0 Å². The van der Waals surface area contributed by atoms with Gasteiger partial charge < -0.3 is 11.1 Å². The van der Waals surface area contributed by atoms with Crippen LogP contribution in [0.15, 0.2) is 29.2 Å². The van der Waals surface area contributed by atoms with Gasteiger partial charge in [-0.05, 0) is 44.0 Å². The van der Waals surface area contributed by atoms with E-state index in [1.165, 1.54) is 35.6 Å². The molecule has 1 saturated heterocycles. The molecule has 0 spiro atoms. The van der Waals surface area contributed by atoms with Crippen LogP contribution >= 0.6 is 0 Å². The van der Waals surface area contributed by atoms with Crippen molar-refractivity contribution in [2.24, 2.45) is 5.73 Å². The number of amides is 1. The Bertz CT molecular complexity index is 626. The van der Waals surface area contributed by atoms with Crippen LogP contribution in [0.1, 0.15) is 36.5 Å². The number of nitrogens with two attached hydrogens (primary N) is 1. The highest BCUT2D eigenvalue weighted by Gasteiger charge is 2.35. The largest absolute Gasteiger partial charge is 0.355 e. The standard InChI is InChI=1S/C15H23N3O3S/c1-11(16)14-5-3-4-10-18(14)22(20,21)13-8-6-12(7-9-13)15(19)17-2/h6-9,11,14H,3-5,10,16H2,1-2H3,(H,17,19). The van der Waals surface area contributed by atoms with E-state index in [0.717, 1.165) is 19.3 Å². The molecule has 0 aliphatic carbocycles. The van der Waals surface area contributed by atoms with Gasteiger partial charge in [-0.1, -0.05) is 6.42 Å². The molecule has 1 aromatic carbocycles. The Labute approximate surface area is 131 Å². The molecule has 1 amide bonds. The van der Waals surface area contributed by atoms with Crippen LogP contribution in [0.2, 0.25) is 0 Å². The molecule has 2 unspecified atom stereocenters. The van der Waals surface area contributed by atoms with Gasteiger partial charge in [-0.3, -0.25) is 4.79 Å². The van der Waals surface area contributed by atoms with E-state index in [-0.39, 0.29) is 22.9 Å². The number of sulfonamides is 1. The molecule has 1 aromatic rings. The van der Waals surface area contributed by atoms with E-state index in [1.54, 1.807) is 0 Å². The van der Waals surface area contributed by atoms with Crippen molar-refractivity contribution in [2.45, 2.75) is 43.2 Å². The Hall–Kier alpha value is -1.44. The summed E-state index contributed by atoms with van der Waals surface area (Å²) >= 11 is 0. The van der Waals surface area contributed by atoms with E-state index in [9.17, 15) is 13.2 Å². The molecule has 122 valence electrons. The van der Waals surface area contributed by atoms with Crippen LogP contribution < -0.4 is 11.1 Å². The van der Waals surface area contributed by atoms with Gasteiger partial charge in [0.1, 0.15) is 0 Å². The second-order valence-corrected chi connectivity index (χ2v) is 7.53. The number of nitrogens with zero attached hydrogens (tertiary/aromatic N) is 1. The molecule has 6 nitrogen and oxygen atoms in total. The summed E-state index contributed by atoms with van der Waals surface area (Å²) in [5, 5.41) is 2.51. The molecule has 0 radical (unpaired) electrons. The Kier molecular flexibility index (Phi) is 5.20. The van der Waals surface area contributed by atoms with E-state index in [0.29, 0.717) is 12.1 Å². The van der Waals surface area contributed by atoms with Crippen LogP contribution in [-0.4, -0.2) is 44.3 Å². The lowest BCUT2D eigenvalue weighted by Crippen LogP contribution is -2.51. The fraction of sp³-hybridized carbons (Fsp3) is 0.533. The van der Waals surface area contributed by atoms with Crippen molar-refractivity contribution in [2.75, 3.05) is 13.6 Å². The second kappa shape index (κ2) is 6.76. The van der Waals surface area contributed by atoms with Gasteiger partial charge in [-0.25, -0.2) is 8.42 Å². The fourth-order valence-corrected chi connectivity index (χ4v) is 4.59. The number of benzene rings is 1. The first kappa shape index (κ1) is 16.9. The van der Waals surface area contributed by atoms with Crippen LogP contribution in [0.25, 0.3) is 0 Å². The summed E-state index contributed by atoms with van der Waals surface area (Å²) in [5.74, 6) is -0.240. The Morgan fingerprint density at radius 1 is 1.32 bits per heavy atom. The third-order valence-corrected chi connectivity index (χ3v) is 5.99. The Morgan fingerprint density at radius 2 is 1.95 bits per heavy atom. The zero-order valence-electron chi connectivity index (χ0n) is 13.0. The maximum absolute atomic E-state index is 12.8. The average Bonchev–Trinajstić information content (AvgIpc) is 2.54. The predicted octanol–water partition coefficient (Wildman–Crippen LogP) is 0.937. The molecular weight excluding hydrogens is 302 g/mol. The first-order valence-electron chi connectivity index (χ1n) is 7.47. The maximum atomic E-state index is 12.8. The molecule has 0 saturated carbocycles. The minimum absolute atomic E-state index is 0.169. The van der Waals surface area contributed by atoms with Crippen molar-refractivity contribution in [3.63, 3.8) is 0 Å². The Balaban J connectivity index is 2.30. The summed E-state index contributed by atoms with van der Waals surface area (Å²) in [6, 6.07) is 5.63. The lowest BCUT2D eigenvalue weighted by atomic mass is 10.00. The topological polar surface area (TPSA) is 92.5 Å². The second-order valence-electron chi connectivity index (χ2n) is 5.64. The number of rotatable bonds is 4. The third-order valence-electron chi connectivity index (χ3n) is 4.06. The van der Waals surface area contributed by atoms with Crippen LogP contribution in [-0.2, 0) is 10.0 Å². The quantitative estimate of drug-likeness (QED) is 0.861. The van der Waals surface area contributed by atoms with Gasteiger partial charge in [0, 0.05) is 31.2 Å². The van der Waals surface area contributed by atoms with Gasteiger partial charge in [0.25, 0.3) is 5.91 Å². The minimum Gasteiger partial charge on any atom is -0.355 e. The van der Waals surface area contributed by atoms with Gasteiger partial charge in [-0.15, -0.1) is 0 Å². The lowest BCUT2D eigenvalue weighted by molar-refractivity contribution is 0.0963. The number of hydrogen-bond donors (Lipinski definition) is 2. The SMILES string of the molecule is CNC(=O)c1ccc(S(=O)(=O)N2CCCCC2C(C)N)cc1. The lowest BCUT2D eigenvalue weighted by Gasteiger charge is -2.36. The Morgan fingerprint density at radius 3 is 2.50 bits per heavy atom. The third kappa shape index (κ3) is 3.31. The summed E-state index contributed by atoms with van der Waals surface area (Å²) in [6.07, 6.45) is 2.62. The van der Waals surface area contributed by atoms with E-state index in [1.807, 2.05) is 6.92 Å². The zero-order chi connectivity index (χ0) is 16.3. The molecular formula is C15H23N3O3S. The first-order valence-corrected chi connectivity index (χ1v) is 8.91. The summed E-state index contributed by atoms with van der Waals surface area (Å²) in [7, 11) is -2.05. The molecule has 3 N–H and O–H groups in total. The fourth-order valence-electron chi connectivity index (χ4n) is 2.81. The summed E-state index contributed by atoms with van der Waals surface area (Å²) in [6.45, 7) is 2.33. The van der Waals surface area contributed by atoms with E-state index in [4.69, 9.17) is 5.73 Å². The average molecular weight is 325 g/mol. The van der Waals surface area contributed by atoms with Gasteiger partial charge >= 0.3 is 0 Å². The molecule has 22 heavy (non-hydrogen) atoms. The van der Waals surface area contributed by atoms with Crippen LogP contribution in [0.4, 0.5) is 0 Å². The molecule has 1 fully saturated rings. The van der Waals surface area contributed by atoms with Crippen molar-refractivity contribution in [1.82, 2.24) is 9.62 Å². The van der Waals surface area contributed by atoms with Gasteiger partial charge in [0.2, 0.25) is 10.0 Å². The summed E-state index contributed by atoms with van der Waals surface area (Å²) in [5.41, 5.74) is 6.39. The molecule has 1 heterocycles. The van der Waals surface area contributed by atoms with Crippen molar-refractivity contribution in [1.29, 1.82) is 0 Å². The number of piperidine rings is 1. The zero-order valence-corrected chi connectivity index (χ0v) is 13.8. The van der Waals surface area contributed by atoms with Gasteiger partial charge in [0.05, 0.1) is 4.90 Å². The van der Waals surface area contributed by atoms with E-state index >= 15 is 0 Å². The number of carbonyl (C=O) groups excluding carboxylic acids is 1. The molecule has 2 rings (SSSR count). The van der Waals surface area contributed by atoms with Crippen molar-refractivity contribution >= 4 is 15.9 Å². The van der Waals surface area contributed by atoms with Crippen LogP contribution in [0.3, 0.4) is 0 Å².